The highest BCUT2D eigenvalue weighted by molar-refractivity contribution is 6.11. The van der Waals surface area contributed by atoms with Crippen LogP contribution in [0.1, 0.15) is 54.6 Å². The number of amides is 3. The van der Waals surface area contributed by atoms with E-state index in [9.17, 15) is 19.2 Å². The first-order chi connectivity index (χ1) is 14.8. The predicted octanol–water partition coefficient (Wildman–Crippen LogP) is 3.30. The quantitative estimate of drug-likeness (QED) is 0.546. The number of benzene rings is 2. The lowest BCUT2D eigenvalue weighted by Crippen LogP contribution is -2.46. The standard InChI is InChI=1S/C24H26N2O5/c1-4-15(2)18-10-7-8-12-20(18)25-23(29)16(3)31-22(28)14-26-21(27)13-17-9-5-6-11-19(17)24(26)30/h5-12,15-16H,4,13-14H2,1-3H3,(H,25,29)/t15-,16+/m0/s1. The lowest BCUT2D eigenvalue weighted by molar-refractivity contribution is -0.155. The molecule has 2 aromatic rings. The van der Waals surface area contributed by atoms with Gasteiger partial charge in [-0.1, -0.05) is 50.2 Å². The van der Waals surface area contributed by atoms with E-state index in [1.54, 1.807) is 30.3 Å². The van der Waals surface area contributed by atoms with Crippen molar-refractivity contribution in [2.75, 3.05) is 11.9 Å². The maximum absolute atomic E-state index is 12.6. The molecular formula is C24H26N2O5. The van der Waals surface area contributed by atoms with Crippen LogP contribution >= 0.6 is 0 Å². The Kier molecular flexibility index (Phi) is 6.84. The molecule has 7 nitrogen and oxygen atoms in total. The number of para-hydroxylation sites is 1. The van der Waals surface area contributed by atoms with Gasteiger partial charge in [-0.3, -0.25) is 24.1 Å². The third kappa shape index (κ3) is 4.99. The van der Waals surface area contributed by atoms with Gasteiger partial charge in [0.05, 0.1) is 6.42 Å². The second kappa shape index (κ2) is 9.55. The van der Waals surface area contributed by atoms with Gasteiger partial charge in [-0.05, 0) is 42.5 Å². The molecule has 2 atom stereocenters. The molecule has 3 amide bonds. The largest absolute Gasteiger partial charge is 0.451 e. The minimum atomic E-state index is -1.08. The van der Waals surface area contributed by atoms with Gasteiger partial charge in [0.1, 0.15) is 6.54 Å². The van der Waals surface area contributed by atoms with Crippen LogP contribution < -0.4 is 5.32 Å². The Morgan fingerprint density at radius 3 is 2.48 bits per heavy atom. The van der Waals surface area contributed by atoms with Gasteiger partial charge in [-0.25, -0.2) is 0 Å². The summed E-state index contributed by atoms with van der Waals surface area (Å²) in [5.74, 6) is -2.05. The fraction of sp³-hybridized carbons (Fsp3) is 0.333. The van der Waals surface area contributed by atoms with E-state index >= 15 is 0 Å². The molecule has 31 heavy (non-hydrogen) atoms. The van der Waals surface area contributed by atoms with Crippen molar-refractivity contribution >= 4 is 29.4 Å². The Morgan fingerprint density at radius 1 is 1.06 bits per heavy atom. The van der Waals surface area contributed by atoms with E-state index in [-0.39, 0.29) is 12.3 Å². The fourth-order valence-electron chi connectivity index (χ4n) is 3.47. The summed E-state index contributed by atoms with van der Waals surface area (Å²) in [6, 6.07) is 14.3. The molecule has 0 aromatic heterocycles. The van der Waals surface area contributed by atoms with Gasteiger partial charge in [0.2, 0.25) is 5.91 Å². The normalized spacial score (nSPS) is 15.1. The highest BCUT2D eigenvalue weighted by atomic mass is 16.5. The SMILES string of the molecule is CC[C@H](C)c1ccccc1NC(=O)[C@@H](C)OC(=O)CN1C(=O)Cc2ccccc2C1=O. The summed E-state index contributed by atoms with van der Waals surface area (Å²) in [5, 5.41) is 2.80. The molecule has 3 rings (SSSR count). The summed E-state index contributed by atoms with van der Waals surface area (Å²) < 4.78 is 5.20. The average molecular weight is 422 g/mol. The maximum Gasteiger partial charge on any atom is 0.326 e. The topological polar surface area (TPSA) is 92.8 Å². The lowest BCUT2D eigenvalue weighted by Gasteiger charge is -2.26. The van der Waals surface area contributed by atoms with Crippen LogP contribution in [-0.4, -0.2) is 41.2 Å². The molecule has 162 valence electrons. The van der Waals surface area contributed by atoms with Gasteiger partial charge >= 0.3 is 5.97 Å². The number of esters is 1. The average Bonchev–Trinajstić information content (AvgIpc) is 2.76. The van der Waals surface area contributed by atoms with Crippen LogP contribution in [0.25, 0.3) is 0 Å². The smallest absolute Gasteiger partial charge is 0.326 e. The van der Waals surface area contributed by atoms with Gasteiger partial charge < -0.3 is 10.1 Å². The number of hydrogen-bond donors (Lipinski definition) is 1. The Morgan fingerprint density at radius 2 is 1.74 bits per heavy atom. The van der Waals surface area contributed by atoms with E-state index in [1.807, 2.05) is 18.2 Å². The lowest BCUT2D eigenvalue weighted by atomic mass is 9.97. The summed E-state index contributed by atoms with van der Waals surface area (Å²) >= 11 is 0. The zero-order chi connectivity index (χ0) is 22.5. The fourth-order valence-corrected chi connectivity index (χ4v) is 3.47. The molecule has 0 fully saturated rings. The van der Waals surface area contributed by atoms with Crippen molar-refractivity contribution in [2.24, 2.45) is 0 Å². The Hall–Kier alpha value is -3.48. The monoisotopic (exact) mass is 422 g/mol. The van der Waals surface area contributed by atoms with Crippen molar-refractivity contribution in [2.45, 2.75) is 45.6 Å². The number of nitrogens with zero attached hydrogens (tertiary/aromatic N) is 1. The number of ether oxygens (including phenoxy) is 1. The maximum atomic E-state index is 12.6. The number of rotatable bonds is 7. The minimum absolute atomic E-state index is 0.0393. The molecule has 7 heteroatoms. The summed E-state index contributed by atoms with van der Waals surface area (Å²) in [6.45, 7) is 5.05. The van der Waals surface area contributed by atoms with Crippen LogP contribution in [0.4, 0.5) is 5.69 Å². The zero-order valence-corrected chi connectivity index (χ0v) is 17.9. The third-order valence-corrected chi connectivity index (χ3v) is 5.46. The molecule has 1 aliphatic heterocycles. The van der Waals surface area contributed by atoms with Gasteiger partial charge in [-0.2, -0.15) is 0 Å². The Balaban J connectivity index is 1.62. The summed E-state index contributed by atoms with van der Waals surface area (Å²) in [6.07, 6.45) is -0.129. The van der Waals surface area contributed by atoms with Crippen LogP contribution in [-0.2, 0) is 25.5 Å². The number of hydrogen-bond acceptors (Lipinski definition) is 5. The van der Waals surface area contributed by atoms with Gasteiger partial charge in [-0.15, -0.1) is 0 Å². The minimum Gasteiger partial charge on any atom is -0.451 e. The third-order valence-electron chi connectivity index (χ3n) is 5.46. The van der Waals surface area contributed by atoms with Crippen LogP contribution in [0.15, 0.2) is 48.5 Å². The summed E-state index contributed by atoms with van der Waals surface area (Å²) in [5.41, 5.74) is 2.69. The van der Waals surface area contributed by atoms with Crippen LogP contribution in [0, 0.1) is 0 Å². The number of carbonyl (C=O) groups is 4. The van der Waals surface area contributed by atoms with E-state index in [2.05, 4.69) is 19.2 Å². The molecule has 0 saturated carbocycles. The van der Waals surface area contributed by atoms with Crippen LogP contribution in [0.3, 0.4) is 0 Å². The van der Waals surface area contributed by atoms with Gasteiger partial charge in [0.15, 0.2) is 6.10 Å². The summed E-state index contributed by atoms with van der Waals surface area (Å²) in [7, 11) is 0. The summed E-state index contributed by atoms with van der Waals surface area (Å²) in [4.78, 5) is 50.7. The van der Waals surface area contributed by atoms with Gasteiger partial charge in [0, 0.05) is 11.3 Å². The van der Waals surface area contributed by atoms with Crippen molar-refractivity contribution in [1.29, 1.82) is 0 Å². The second-order valence-electron chi connectivity index (χ2n) is 7.64. The highest BCUT2D eigenvalue weighted by Gasteiger charge is 2.33. The van der Waals surface area contributed by atoms with Crippen molar-refractivity contribution in [3.05, 3.63) is 65.2 Å². The van der Waals surface area contributed by atoms with Gasteiger partial charge in [0.25, 0.3) is 11.8 Å². The number of carbonyl (C=O) groups excluding carboxylic acids is 4. The Bertz CT molecular complexity index is 1020. The molecule has 1 aliphatic rings. The first-order valence-corrected chi connectivity index (χ1v) is 10.3. The second-order valence-corrected chi connectivity index (χ2v) is 7.64. The van der Waals surface area contributed by atoms with Crippen molar-refractivity contribution in [3.63, 3.8) is 0 Å². The first-order valence-electron chi connectivity index (χ1n) is 10.3. The van der Waals surface area contributed by atoms with E-state index in [0.29, 0.717) is 16.8 Å². The van der Waals surface area contributed by atoms with Crippen molar-refractivity contribution in [3.8, 4) is 0 Å². The van der Waals surface area contributed by atoms with E-state index < -0.39 is 36.3 Å². The van der Waals surface area contributed by atoms with E-state index in [1.165, 1.54) is 6.92 Å². The predicted molar refractivity (Wildman–Crippen MR) is 116 cm³/mol. The number of anilines is 1. The zero-order valence-electron chi connectivity index (χ0n) is 17.9. The number of fused-ring (bicyclic) bond motifs is 1. The first kappa shape index (κ1) is 22.2. The van der Waals surface area contributed by atoms with E-state index in [4.69, 9.17) is 4.74 Å². The molecule has 1 heterocycles. The van der Waals surface area contributed by atoms with Crippen LogP contribution in [0.2, 0.25) is 0 Å². The highest BCUT2D eigenvalue weighted by Crippen LogP contribution is 2.26. The molecule has 0 spiro atoms. The molecule has 0 bridgehead atoms. The number of imide groups is 1. The number of nitrogens with one attached hydrogen (secondary N) is 1. The molecule has 1 N–H and O–H groups in total. The molecule has 2 aromatic carbocycles. The molecular weight excluding hydrogens is 396 g/mol. The molecule has 0 aliphatic carbocycles. The molecule has 0 saturated heterocycles. The van der Waals surface area contributed by atoms with Crippen LogP contribution in [0.5, 0.6) is 0 Å². The molecule has 0 unspecified atom stereocenters. The molecule has 0 radical (unpaired) electrons. The van der Waals surface area contributed by atoms with E-state index in [0.717, 1.165) is 16.9 Å². The Labute approximate surface area is 181 Å². The van der Waals surface area contributed by atoms with Crippen molar-refractivity contribution in [1.82, 2.24) is 4.90 Å². The van der Waals surface area contributed by atoms with Crippen molar-refractivity contribution < 1.29 is 23.9 Å².